The molecule has 1 heterocycles. The van der Waals surface area contributed by atoms with Crippen LogP contribution in [-0.4, -0.2) is 18.0 Å². The molecule has 114 valence electrons. The lowest BCUT2D eigenvalue weighted by atomic mass is 10.1. The van der Waals surface area contributed by atoms with Crippen molar-refractivity contribution in [3.63, 3.8) is 0 Å². The van der Waals surface area contributed by atoms with Crippen molar-refractivity contribution in [2.75, 3.05) is 6.54 Å². The number of carbonyl (C=O) groups is 1. The van der Waals surface area contributed by atoms with Gasteiger partial charge < -0.3 is 0 Å². The van der Waals surface area contributed by atoms with Crippen LogP contribution < -0.4 is 0 Å². The van der Waals surface area contributed by atoms with Gasteiger partial charge in [-0.15, -0.1) is 0 Å². The first-order chi connectivity index (χ1) is 9.84. The van der Waals surface area contributed by atoms with Crippen LogP contribution >= 0.6 is 0 Å². The second kappa shape index (κ2) is 11.9. The van der Waals surface area contributed by atoms with E-state index in [0.29, 0.717) is 6.54 Å². The van der Waals surface area contributed by atoms with Crippen LogP contribution in [0.1, 0.15) is 84.0 Å². The molecule has 0 spiro atoms. The van der Waals surface area contributed by atoms with Crippen LogP contribution in [0.5, 0.6) is 0 Å². The maximum absolute atomic E-state index is 11.4. The maximum atomic E-state index is 11.4. The summed E-state index contributed by atoms with van der Waals surface area (Å²) in [6, 6.07) is 0. The molecule has 0 N–H and O–H groups in total. The standard InChI is InChI=1S/C18H31NO/c1-2-3-4-5-6-7-8-9-10-11-12-13-14-15-18(20)17-16-19-17/h7-8H,2-6,9-16H2,1H3. The van der Waals surface area contributed by atoms with E-state index in [4.69, 9.17) is 0 Å². The topological polar surface area (TPSA) is 29.4 Å². The zero-order chi connectivity index (χ0) is 14.5. The predicted molar refractivity (Wildman–Crippen MR) is 87.5 cm³/mol. The van der Waals surface area contributed by atoms with Gasteiger partial charge in [-0.3, -0.25) is 9.79 Å². The highest BCUT2D eigenvalue weighted by molar-refractivity contribution is 6.45. The fourth-order valence-corrected chi connectivity index (χ4v) is 2.36. The molecule has 0 fully saturated rings. The number of nitrogens with zero attached hydrogens (tertiary/aromatic N) is 1. The van der Waals surface area contributed by atoms with E-state index in [-0.39, 0.29) is 5.78 Å². The number of carbonyl (C=O) groups excluding carboxylic acids is 1. The molecule has 0 saturated carbocycles. The van der Waals surface area contributed by atoms with E-state index in [1.807, 2.05) is 0 Å². The highest BCUT2D eigenvalue weighted by Gasteiger charge is 2.18. The summed E-state index contributed by atoms with van der Waals surface area (Å²) in [5.74, 6) is 0.288. The number of hydrogen-bond donors (Lipinski definition) is 0. The number of hydrogen-bond acceptors (Lipinski definition) is 2. The van der Waals surface area contributed by atoms with E-state index < -0.39 is 0 Å². The van der Waals surface area contributed by atoms with E-state index in [1.165, 1.54) is 64.2 Å². The Morgan fingerprint density at radius 3 is 2.10 bits per heavy atom. The van der Waals surface area contributed by atoms with E-state index in [2.05, 4.69) is 24.1 Å². The Kier molecular flexibility index (Phi) is 10.2. The van der Waals surface area contributed by atoms with Crippen LogP contribution in [0.3, 0.4) is 0 Å². The molecule has 0 aromatic heterocycles. The first-order valence-corrected chi connectivity index (χ1v) is 8.56. The molecule has 20 heavy (non-hydrogen) atoms. The Hall–Kier alpha value is -0.920. The predicted octanol–water partition coefficient (Wildman–Crippen LogP) is 5.27. The second-order valence-electron chi connectivity index (χ2n) is 5.81. The number of ketones is 1. The normalized spacial score (nSPS) is 13.8. The van der Waals surface area contributed by atoms with Crippen molar-refractivity contribution in [2.24, 2.45) is 4.99 Å². The summed E-state index contributed by atoms with van der Waals surface area (Å²) in [7, 11) is 0. The third-order valence-electron chi connectivity index (χ3n) is 3.80. The average Bonchev–Trinajstić information content (AvgIpc) is 3.28. The molecular formula is C18H31NO. The van der Waals surface area contributed by atoms with Gasteiger partial charge in [-0.2, -0.15) is 0 Å². The van der Waals surface area contributed by atoms with Gasteiger partial charge in [-0.25, -0.2) is 0 Å². The molecule has 1 aliphatic rings. The minimum Gasteiger partial charge on any atom is -0.293 e. The van der Waals surface area contributed by atoms with E-state index in [9.17, 15) is 4.79 Å². The molecular weight excluding hydrogens is 246 g/mol. The quantitative estimate of drug-likeness (QED) is 0.314. The SMILES string of the molecule is CCCCCCC=CCCCCCCCC(=O)C1=NC1. The van der Waals surface area contributed by atoms with Gasteiger partial charge in [0.15, 0.2) is 5.78 Å². The Balaban J connectivity index is 1.74. The van der Waals surface area contributed by atoms with Gasteiger partial charge in [0.1, 0.15) is 0 Å². The summed E-state index contributed by atoms with van der Waals surface area (Å²) in [6.07, 6.45) is 19.4. The van der Waals surface area contributed by atoms with Gasteiger partial charge in [-0.05, 0) is 32.1 Å². The molecule has 0 radical (unpaired) electrons. The van der Waals surface area contributed by atoms with Gasteiger partial charge >= 0.3 is 0 Å². The highest BCUT2D eigenvalue weighted by atomic mass is 16.1. The molecule has 0 amide bonds. The lowest BCUT2D eigenvalue weighted by Crippen LogP contribution is -2.03. The second-order valence-corrected chi connectivity index (χ2v) is 5.81. The third-order valence-corrected chi connectivity index (χ3v) is 3.80. The van der Waals surface area contributed by atoms with E-state index >= 15 is 0 Å². The van der Waals surface area contributed by atoms with Gasteiger partial charge in [0.2, 0.25) is 0 Å². The maximum Gasteiger partial charge on any atom is 0.178 e. The van der Waals surface area contributed by atoms with Gasteiger partial charge in [0.25, 0.3) is 0 Å². The summed E-state index contributed by atoms with van der Waals surface area (Å²) < 4.78 is 0. The van der Waals surface area contributed by atoms with E-state index in [1.54, 1.807) is 0 Å². The number of aliphatic imine (C=N–C) groups is 1. The number of unbranched alkanes of at least 4 members (excludes halogenated alkanes) is 9. The fourth-order valence-electron chi connectivity index (χ4n) is 2.36. The summed E-state index contributed by atoms with van der Waals surface area (Å²) >= 11 is 0. The third kappa shape index (κ3) is 9.94. The van der Waals surface area contributed by atoms with Crippen molar-refractivity contribution >= 4 is 11.5 Å². The van der Waals surface area contributed by atoms with Crippen molar-refractivity contribution < 1.29 is 4.79 Å². The van der Waals surface area contributed by atoms with Crippen molar-refractivity contribution in [3.8, 4) is 0 Å². The summed E-state index contributed by atoms with van der Waals surface area (Å²) in [5, 5.41) is 0. The molecule has 2 heteroatoms. The summed E-state index contributed by atoms with van der Waals surface area (Å²) in [5.41, 5.74) is 0.828. The van der Waals surface area contributed by atoms with Crippen molar-refractivity contribution in [2.45, 2.75) is 84.0 Å². The number of rotatable bonds is 14. The summed E-state index contributed by atoms with van der Waals surface area (Å²) in [6.45, 7) is 2.97. The van der Waals surface area contributed by atoms with Crippen molar-refractivity contribution in [3.05, 3.63) is 12.2 Å². The highest BCUT2D eigenvalue weighted by Crippen LogP contribution is 2.10. The van der Waals surface area contributed by atoms with Crippen LogP contribution in [0.4, 0.5) is 0 Å². The minimum atomic E-state index is 0.288. The Bertz CT molecular complexity index is 317. The Morgan fingerprint density at radius 2 is 1.50 bits per heavy atom. The van der Waals surface area contributed by atoms with Crippen LogP contribution in [0.2, 0.25) is 0 Å². The zero-order valence-electron chi connectivity index (χ0n) is 13.2. The van der Waals surface area contributed by atoms with Crippen LogP contribution in [0.15, 0.2) is 17.1 Å². The van der Waals surface area contributed by atoms with Gasteiger partial charge in [0.05, 0.1) is 12.3 Å². The molecule has 0 bridgehead atoms. The van der Waals surface area contributed by atoms with Crippen LogP contribution in [-0.2, 0) is 4.79 Å². The monoisotopic (exact) mass is 277 g/mol. The molecule has 1 rings (SSSR count). The molecule has 0 unspecified atom stereocenters. The van der Waals surface area contributed by atoms with Crippen molar-refractivity contribution in [1.29, 1.82) is 0 Å². The van der Waals surface area contributed by atoms with Crippen LogP contribution in [0, 0.1) is 0 Å². The summed E-state index contributed by atoms with van der Waals surface area (Å²) in [4.78, 5) is 15.3. The minimum absolute atomic E-state index is 0.288. The Labute approximate surface area is 124 Å². The molecule has 0 atom stereocenters. The van der Waals surface area contributed by atoms with Gasteiger partial charge in [-0.1, -0.05) is 57.6 Å². The average molecular weight is 277 g/mol. The molecule has 0 aromatic rings. The number of allylic oxidation sites excluding steroid dienone is 2. The number of Topliss-reactive ketones (excluding diaryl/α,β-unsaturated/α-hetero) is 1. The molecule has 2 nitrogen and oxygen atoms in total. The van der Waals surface area contributed by atoms with Crippen molar-refractivity contribution in [1.82, 2.24) is 0 Å². The Morgan fingerprint density at radius 1 is 0.950 bits per heavy atom. The van der Waals surface area contributed by atoms with Crippen LogP contribution in [0.25, 0.3) is 0 Å². The van der Waals surface area contributed by atoms with Gasteiger partial charge in [0, 0.05) is 6.42 Å². The largest absolute Gasteiger partial charge is 0.293 e. The lowest BCUT2D eigenvalue weighted by molar-refractivity contribution is -0.112. The first-order valence-electron chi connectivity index (χ1n) is 8.56. The molecule has 0 aromatic carbocycles. The smallest absolute Gasteiger partial charge is 0.178 e. The lowest BCUT2D eigenvalue weighted by Gasteiger charge is -1.99. The fraction of sp³-hybridized carbons (Fsp3) is 0.778. The first kappa shape index (κ1) is 17.1. The molecule has 1 aliphatic heterocycles. The zero-order valence-corrected chi connectivity index (χ0v) is 13.2. The van der Waals surface area contributed by atoms with E-state index in [0.717, 1.165) is 18.6 Å². The molecule has 0 saturated heterocycles. The molecule has 0 aliphatic carbocycles.